The standard InChI is InChI=1S/C15H16N4S/c1-19(2)10-11-7-8-16-14(9-11)18-15-17-12-5-3-4-6-13(12)20-15/h3-9H,10H2,1-2H3,(H,16,17,18). The van der Waals surface area contributed by atoms with Crippen molar-refractivity contribution in [1.29, 1.82) is 0 Å². The van der Waals surface area contributed by atoms with Crippen molar-refractivity contribution in [2.24, 2.45) is 0 Å². The van der Waals surface area contributed by atoms with Crippen LogP contribution in [0.2, 0.25) is 0 Å². The highest BCUT2D eigenvalue weighted by atomic mass is 32.1. The van der Waals surface area contributed by atoms with Gasteiger partial charge in [-0.15, -0.1) is 0 Å². The summed E-state index contributed by atoms with van der Waals surface area (Å²) in [6, 6.07) is 12.2. The van der Waals surface area contributed by atoms with Crippen LogP contribution in [0.3, 0.4) is 0 Å². The summed E-state index contributed by atoms with van der Waals surface area (Å²) in [5.74, 6) is 0.836. The van der Waals surface area contributed by atoms with E-state index < -0.39 is 0 Å². The summed E-state index contributed by atoms with van der Waals surface area (Å²) in [5.41, 5.74) is 2.25. The van der Waals surface area contributed by atoms with E-state index in [1.165, 1.54) is 10.3 Å². The molecule has 0 saturated carbocycles. The zero-order valence-electron chi connectivity index (χ0n) is 11.5. The van der Waals surface area contributed by atoms with Gasteiger partial charge in [0.25, 0.3) is 0 Å². The van der Waals surface area contributed by atoms with Crippen LogP contribution in [0.5, 0.6) is 0 Å². The van der Waals surface area contributed by atoms with Gasteiger partial charge in [-0.05, 0) is 43.9 Å². The summed E-state index contributed by atoms with van der Waals surface area (Å²) in [6.07, 6.45) is 1.83. The summed E-state index contributed by atoms with van der Waals surface area (Å²) in [5, 5.41) is 4.16. The van der Waals surface area contributed by atoms with Crippen LogP contribution in [-0.2, 0) is 6.54 Å². The quantitative estimate of drug-likeness (QED) is 0.796. The highest BCUT2D eigenvalue weighted by Crippen LogP contribution is 2.27. The predicted molar refractivity (Wildman–Crippen MR) is 84.5 cm³/mol. The molecular weight excluding hydrogens is 268 g/mol. The van der Waals surface area contributed by atoms with Crippen LogP contribution in [0.25, 0.3) is 10.2 Å². The number of pyridine rings is 1. The van der Waals surface area contributed by atoms with Gasteiger partial charge in [0.15, 0.2) is 5.13 Å². The predicted octanol–water partition coefficient (Wildman–Crippen LogP) is 3.50. The van der Waals surface area contributed by atoms with Crippen LogP contribution in [0, 0.1) is 0 Å². The molecule has 20 heavy (non-hydrogen) atoms. The average Bonchev–Trinajstić information content (AvgIpc) is 2.80. The molecule has 3 aromatic rings. The summed E-state index contributed by atoms with van der Waals surface area (Å²) in [7, 11) is 4.11. The fourth-order valence-electron chi connectivity index (χ4n) is 2.04. The Morgan fingerprint density at radius 2 is 2.05 bits per heavy atom. The smallest absolute Gasteiger partial charge is 0.189 e. The second kappa shape index (κ2) is 5.56. The van der Waals surface area contributed by atoms with Gasteiger partial charge in [-0.3, -0.25) is 0 Å². The molecule has 3 rings (SSSR count). The second-order valence-corrected chi connectivity index (χ2v) is 5.93. The lowest BCUT2D eigenvalue weighted by molar-refractivity contribution is 0.402. The first-order valence-electron chi connectivity index (χ1n) is 6.43. The van der Waals surface area contributed by atoms with E-state index in [2.05, 4.69) is 46.4 Å². The molecule has 0 spiro atoms. The molecule has 0 bridgehead atoms. The lowest BCUT2D eigenvalue weighted by Gasteiger charge is -2.10. The van der Waals surface area contributed by atoms with E-state index in [4.69, 9.17) is 0 Å². The fourth-order valence-corrected chi connectivity index (χ4v) is 2.91. The maximum Gasteiger partial charge on any atom is 0.189 e. The van der Waals surface area contributed by atoms with Gasteiger partial charge in [-0.1, -0.05) is 23.5 Å². The Hall–Kier alpha value is -1.98. The zero-order valence-corrected chi connectivity index (χ0v) is 12.3. The SMILES string of the molecule is CN(C)Cc1ccnc(Nc2nc3ccccc3s2)c1. The molecule has 5 heteroatoms. The molecule has 4 nitrogen and oxygen atoms in total. The Bertz CT molecular complexity index is 687. The molecule has 2 aromatic heterocycles. The molecule has 102 valence electrons. The van der Waals surface area contributed by atoms with Crippen LogP contribution in [-0.4, -0.2) is 29.0 Å². The van der Waals surface area contributed by atoms with Crippen molar-refractivity contribution in [3.05, 3.63) is 48.2 Å². The average molecular weight is 284 g/mol. The minimum atomic E-state index is 0.836. The fraction of sp³-hybridized carbons (Fsp3) is 0.200. The van der Waals surface area contributed by atoms with E-state index >= 15 is 0 Å². The van der Waals surface area contributed by atoms with Gasteiger partial charge in [-0.25, -0.2) is 9.97 Å². The second-order valence-electron chi connectivity index (χ2n) is 4.90. The largest absolute Gasteiger partial charge is 0.316 e. The highest BCUT2D eigenvalue weighted by molar-refractivity contribution is 7.22. The molecule has 0 saturated heterocycles. The maximum atomic E-state index is 4.56. The van der Waals surface area contributed by atoms with Crippen LogP contribution >= 0.6 is 11.3 Å². The zero-order chi connectivity index (χ0) is 13.9. The van der Waals surface area contributed by atoms with Gasteiger partial charge >= 0.3 is 0 Å². The first-order chi connectivity index (χ1) is 9.70. The Kier molecular flexibility index (Phi) is 3.62. The molecule has 0 aliphatic carbocycles. The molecule has 0 aliphatic rings. The van der Waals surface area contributed by atoms with Gasteiger partial charge < -0.3 is 10.2 Å². The number of para-hydroxylation sites is 1. The monoisotopic (exact) mass is 284 g/mol. The number of nitrogens with zero attached hydrogens (tertiary/aromatic N) is 3. The molecule has 0 amide bonds. The van der Waals surface area contributed by atoms with Crippen LogP contribution in [0.4, 0.5) is 10.9 Å². The molecule has 0 atom stereocenters. The third-order valence-electron chi connectivity index (χ3n) is 2.85. The van der Waals surface area contributed by atoms with E-state index in [0.29, 0.717) is 0 Å². The maximum absolute atomic E-state index is 4.56. The van der Waals surface area contributed by atoms with E-state index in [0.717, 1.165) is 23.0 Å². The number of hydrogen-bond acceptors (Lipinski definition) is 5. The summed E-state index contributed by atoms with van der Waals surface area (Å²) >= 11 is 1.64. The topological polar surface area (TPSA) is 41.1 Å². The summed E-state index contributed by atoms with van der Waals surface area (Å²) in [6.45, 7) is 0.900. The number of hydrogen-bond donors (Lipinski definition) is 1. The minimum Gasteiger partial charge on any atom is -0.316 e. The molecule has 1 aromatic carbocycles. The first-order valence-corrected chi connectivity index (χ1v) is 7.24. The van der Waals surface area contributed by atoms with E-state index in [-0.39, 0.29) is 0 Å². The van der Waals surface area contributed by atoms with E-state index in [1.807, 2.05) is 30.5 Å². The number of aromatic nitrogens is 2. The van der Waals surface area contributed by atoms with Gasteiger partial charge in [0.05, 0.1) is 10.2 Å². The highest BCUT2D eigenvalue weighted by Gasteiger charge is 2.05. The third kappa shape index (κ3) is 2.95. The van der Waals surface area contributed by atoms with Crippen LogP contribution in [0.15, 0.2) is 42.6 Å². The molecular formula is C15H16N4S. The van der Waals surface area contributed by atoms with Gasteiger partial charge in [0.2, 0.25) is 0 Å². The lowest BCUT2D eigenvalue weighted by atomic mass is 10.2. The van der Waals surface area contributed by atoms with Crippen molar-refractivity contribution < 1.29 is 0 Å². The first kappa shape index (κ1) is 13.0. The minimum absolute atomic E-state index is 0.836. The molecule has 0 aliphatic heterocycles. The number of benzene rings is 1. The number of fused-ring (bicyclic) bond motifs is 1. The van der Waals surface area contributed by atoms with E-state index in [9.17, 15) is 0 Å². The van der Waals surface area contributed by atoms with Crippen molar-refractivity contribution in [3.8, 4) is 0 Å². The van der Waals surface area contributed by atoms with E-state index in [1.54, 1.807) is 11.3 Å². The Morgan fingerprint density at radius 1 is 1.20 bits per heavy atom. The number of nitrogens with one attached hydrogen (secondary N) is 1. The normalized spacial score (nSPS) is 11.2. The van der Waals surface area contributed by atoms with Crippen molar-refractivity contribution >= 4 is 32.5 Å². The molecule has 0 unspecified atom stereocenters. The number of rotatable bonds is 4. The van der Waals surface area contributed by atoms with Gasteiger partial charge in [-0.2, -0.15) is 0 Å². The molecule has 0 radical (unpaired) electrons. The van der Waals surface area contributed by atoms with Gasteiger partial charge in [0.1, 0.15) is 5.82 Å². The molecule has 2 heterocycles. The number of anilines is 2. The molecule has 0 fully saturated rings. The van der Waals surface area contributed by atoms with Crippen molar-refractivity contribution in [1.82, 2.24) is 14.9 Å². The van der Waals surface area contributed by atoms with Gasteiger partial charge in [0, 0.05) is 12.7 Å². The van der Waals surface area contributed by atoms with Crippen LogP contribution in [0.1, 0.15) is 5.56 Å². The van der Waals surface area contributed by atoms with Crippen molar-refractivity contribution in [3.63, 3.8) is 0 Å². The number of thiazole rings is 1. The summed E-state index contributed by atoms with van der Waals surface area (Å²) < 4.78 is 1.18. The Labute approximate surface area is 122 Å². The van der Waals surface area contributed by atoms with Crippen molar-refractivity contribution in [2.75, 3.05) is 19.4 Å². The Balaban J connectivity index is 1.83. The summed E-state index contributed by atoms with van der Waals surface area (Å²) in [4.78, 5) is 11.0. The third-order valence-corrected chi connectivity index (χ3v) is 3.80. The van der Waals surface area contributed by atoms with Crippen LogP contribution < -0.4 is 5.32 Å². The van der Waals surface area contributed by atoms with Crippen molar-refractivity contribution in [2.45, 2.75) is 6.54 Å². The molecule has 1 N–H and O–H groups in total. The lowest BCUT2D eigenvalue weighted by Crippen LogP contribution is -2.10. The Morgan fingerprint density at radius 3 is 2.85 bits per heavy atom.